The van der Waals surface area contributed by atoms with Gasteiger partial charge in [0.25, 0.3) is 0 Å². The second-order valence-electron chi connectivity index (χ2n) is 7.12. The summed E-state index contributed by atoms with van der Waals surface area (Å²) in [5.74, 6) is 1.38. The average Bonchev–Trinajstić information content (AvgIpc) is 3.40. The van der Waals surface area contributed by atoms with Gasteiger partial charge in [-0.15, -0.1) is 0 Å². The predicted octanol–water partition coefficient (Wildman–Crippen LogP) is 1.17. The fraction of sp³-hybridized carbons (Fsp3) is 0.941. The van der Waals surface area contributed by atoms with E-state index in [1.165, 1.54) is 19.3 Å². The van der Waals surface area contributed by atoms with E-state index in [0.717, 1.165) is 64.9 Å². The number of ether oxygens (including phenoxy) is 2. The van der Waals surface area contributed by atoms with Crippen LogP contribution in [0.2, 0.25) is 0 Å². The van der Waals surface area contributed by atoms with Crippen molar-refractivity contribution in [2.75, 3.05) is 65.7 Å². The lowest BCUT2D eigenvalue weighted by molar-refractivity contribution is 0.0248. The van der Waals surface area contributed by atoms with E-state index in [9.17, 15) is 4.79 Å². The molecule has 0 aromatic rings. The number of morpholine rings is 1. The van der Waals surface area contributed by atoms with Crippen LogP contribution in [-0.4, -0.2) is 81.5 Å². The molecule has 3 aliphatic rings. The van der Waals surface area contributed by atoms with Gasteiger partial charge in [0, 0.05) is 45.9 Å². The van der Waals surface area contributed by atoms with Crippen molar-refractivity contribution in [1.82, 2.24) is 15.1 Å². The molecule has 6 heteroatoms. The van der Waals surface area contributed by atoms with Crippen LogP contribution in [-0.2, 0) is 9.47 Å². The molecule has 2 saturated heterocycles. The third kappa shape index (κ3) is 5.94. The Morgan fingerprint density at radius 1 is 1.13 bits per heavy atom. The van der Waals surface area contributed by atoms with Crippen molar-refractivity contribution >= 4 is 6.03 Å². The number of hydrogen-bond donors (Lipinski definition) is 1. The number of likely N-dealkylation sites (tertiary alicyclic amines) is 1. The maximum atomic E-state index is 12.3. The quantitative estimate of drug-likeness (QED) is 0.714. The molecule has 0 spiro atoms. The van der Waals surface area contributed by atoms with E-state index in [1.807, 2.05) is 4.90 Å². The maximum Gasteiger partial charge on any atom is 0.317 e. The van der Waals surface area contributed by atoms with Crippen molar-refractivity contribution in [2.45, 2.75) is 25.7 Å². The van der Waals surface area contributed by atoms with Gasteiger partial charge in [-0.25, -0.2) is 4.79 Å². The molecule has 2 amide bonds. The Balaban J connectivity index is 1.30. The van der Waals surface area contributed by atoms with E-state index in [1.54, 1.807) is 0 Å². The predicted molar refractivity (Wildman–Crippen MR) is 88.5 cm³/mol. The molecule has 6 nitrogen and oxygen atoms in total. The first-order valence-corrected chi connectivity index (χ1v) is 9.22. The summed E-state index contributed by atoms with van der Waals surface area (Å²) in [5, 5.41) is 3.00. The van der Waals surface area contributed by atoms with Gasteiger partial charge in [-0.3, -0.25) is 4.90 Å². The first-order chi connectivity index (χ1) is 11.3. The number of rotatable bonds is 7. The zero-order valence-corrected chi connectivity index (χ0v) is 14.2. The summed E-state index contributed by atoms with van der Waals surface area (Å²) < 4.78 is 11.0. The number of amides is 2. The molecular weight excluding hydrogens is 294 g/mol. The molecule has 3 fully saturated rings. The zero-order chi connectivity index (χ0) is 15.9. The van der Waals surface area contributed by atoms with Crippen LogP contribution in [0.4, 0.5) is 4.79 Å². The summed E-state index contributed by atoms with van der Waals surface area (Å²) >= 11 is 0. The van der Waals surface area contributed by atoms with Gasteiger partial charge in [0.15, 0.2) is 0 Å². The minimum Gasteiger partial charge on any atom is -0.379 e. The van der Waals surface area contributed by atoms with Crippen molar-refractivity contribution in [3.63, 3.8) is 0 Å². The summed E-state index contributed by atoms with van der Waals surface area (Å²) in [6.45, 7) is 8.72. The molecule has 3 rings (SSSR count). The summed E-state index contributed by atoms with van der Waals surface area (Å²) in [5.41, 5.74) is 0. The molecule has 0 aromatic carbocycles. The highest BCUT2D eigenvalue weighted by Crippen LogP contribution is 2.28. The van der Waals surface area contributed by atoms with Crippen LogP contribution < -0.4 is 5.32 Å². The van der Waals surface area contributed by atoms with E-state index in [4.69, 9.17) is 9.47 Å². The fourth-order valence-corrected chi connectivity index (χ4v) is 3.42. The number of nitrogens with one attached hydrogen (secondary N) is 1. The van der Waals surface area contributed by atoms with E-state index >= 15 is 0 Å². The highest BCUT2D eigenvalue weighted by molar-refractivity contribution is 5.74. The second-order valence-corrected chi connectivity index (χ2v) is 7.12. The van der Waals surface area contributed by atoms with Gasteiger partial charge in [-0.1, -0.05) is 0 Å². The van der Waals surface area contributed by atoms with Crippen molar-refractivity contribution < 1.29 is 14.3 Å². The van der Waals surface area contributed by atoms with Crippen LogP contribution in [0.1, 0.15) is 25.7 Å². The topological polar surface area (TPSA) is 54.0 Å². The zero-order valence-electron chi connectivity index (χ0n) is 14.2. The Kier molecular flexibility index (Phi) is 6.54. The Morgan fingerprint density at radius 3 is 2.74 bits per heavy atom. The summed E-state index contributed by atoms with van der Waals surface area (Å²) in [6, 6.07) is 0.0756. The molecule has 0 unspecified atom stereocenters. The SMILES string of the molecule is O=C(NCCOCC1CC1)N1CCC[C@H](CN2CCOCC2)C1. The molecule has 1 aliphatic carbocycles. The summed E-state index contributed by atoms with van der Waals surface area (Å²) in [7, 11) is 0. The van der Waals surface area contributed by atoms with Crippen LogP contribution in [0.15, 0.2) is 0 Å². The van der Waals surface area contributed by atoms with Crippen LogP contribution in [0.25, 0.3) is 0 Å². The van der Waals surface area contributed by atoms with Crippen LogP contribution in [0.3, 0.4) is 0 Å². The highest BCUT2D eigenvalue weighted by Gasteiger charge is 2.25. The molecule has 1 N–H and O–H groups in total. The Hall–Kier alpha value is -0.850. The fourth-order valence-electron chi connectivity index (χ4n) is 3.42. The molecule has 0 bridgehead atoms. The lowest BCUT2D eigenvalue weighted by atomic mass is 9.97. The smallest absolute Gasteiger partial charge is 0.317 e. The summed E-state index contributed by atoms with van der Waals surface area (Å²) in [4.78, 5) is 16.7. The molecule has 1 saturated carbocycles. The lowest BCUT2D eigenvalue weighted by Gasteiger charge is -2.36. The number of carbonyl (C=O) groups excluding carboxylic acids is 1. The van der Waals surface area contributed by atoms with Gasteiger partial charge in [0.1, 0.15) is 0 Å². The molecule has 0 radical (unpaired) electrons. The first-order valence-electron chi connectivity index (χ1n) is 9.22. The van der Waals surface area contributed by atoms with Crippen molar-refractivity contribution in [3.05, 3.63) is 0 Å². The van der Waals surface area contributed by atoms with Crippen molar-refractivity contribution in [3.8, 4) is 0 Å². The number of hydrogen-bond acceptors (Lipinski definition) is 4. The van der Waals surface area contributed by atoms with Crippen LogP contribution >= 0.6 is 0 Å². The number of urea groups is 1. The first kappa shape index (κ1) is 17.0. The monoisotopic (exact) mass is 325 g/mol. The van der Waals surface area contributed by atoms with Crippen LogP contribution in [0.5, 0.6) is 0 Å². The minimum atomic E-state index is 0.0756. The maximum absolute atomic E-state index is 12.3. The molecule has 2 heterocycles. The van der Waals surface area contributed by atoms with Gasteiger partial charge in [0.2, 0.25) is 0 Å². The lowest BCUT2D eigenvalue weighted by Crippen LogP contribution is -2.49. The molecule has 132 valence electrons. The number of carbonyl (C=O) groups is 1. The van der Waals surface area contributed by atoms with Gasteiger partial charge >= 0.3 is 6.03 Å². The molecule has 1 atom stereocenters. The minimum absolute atomic E-state index is 0.0756. The van der Waals surface area contributed by atoms with E-state index in [2.05, 4.69) is 10.2 Å². The van der Waals surface area contributed by atoms with Gasteiger partial charge < -0.3 is 19.7 Å². The van der Waals surface area contributed by atoms with Crippen LogP contribution in [0, 0.1) is 11.8 Å². The van der Waals surface area contributed by atoms with Gasteiger partial charge in [-0.2, -0.15) is 0 Å². The van der Waals surface area contributed by atoms with Gasteiger partial charge in [-0.05, 0) is 37.5 Å². The van der Waals surface area contributed by atoms with E-state index in [0.29, 0.717) is 19.1 Å². The van der Waals surface area contributed by atoms with Crippen molar-refractivity contribution in [1.29, 1.82) is 0 Å². The van der Waals surface area contributed by atoms with E-state index in [-0.39, 0.29) is 6.03 Å². The number of piperidine rings is 1. The average molecular weight is 325 g/mol. The second kappa shape index (κ2) is 8.85. The Labute approximate surface area is 139 Å². The standard InChI is InChI=1S/C17H31N3O3/c21-17(18-5-9-23-14-15-3-4-15)20-6-1-2-16(13-20)12-19-7-10-22-11-8-19/h15-16H,1-14H2,(H,18,21)/t16-/m1/s1. The Morgan fingerprint density at radius 2 is 1.96 bits per heavy atom. The number of nitrogens with zero attached hydrogens (tertiary/aromatic N) is 2. The largest absolute Gasteiger partial charge is 0.379 e. The molecular formula is C17H31N3O3. The third-order valence-corrected chi connectivity index (χ3v) is 5.00. The highest BCUT2D eigenvalue weighted by atomic mass is 16.5. The molecule has 2 aliphatic heterocycles. The Bertz CT molecular complexity index is 370. The molecule has 23 heavy (non-hydrogen) atoms. The molecule has 0 aromatic heterocycles. The van der Waals surface area contributed by atoms with Gasteiger partial charge in [0.05, 0.1) is 19.8 Å². The van der Waals surface area contributed by atoms with Crippen molar-refractivity contribution in [2.24, 2.45) is 11.8 Å². The third-order valence-electron chi connectivity index (χ3n) is 5.00. The van der Waals surface area contributed by atoms with E-state index < -0.39 is 0 Å². The summed E-state index contributed by atoms with van der Waals surface area (Å²) in [6.07, 6.45) is 4.96. The normalized spacial score (nSPS) is 26.3.